The number of aromatic hydroxyl groups is 1. The van der Waals surface area contributed by atoms with E-state index >= 15 is 0 Å². The summed E-state index contributed by atoms with van der Waals surface area (Å²) in [5.41, 5.74) is 0.652. The van der Waals surface area contributed by atoms with Gasteiger partial charge in [-0.1, -0.05) is 38.1 Å². The van der Waals surface area contributed by atoms with Gasteiger partial charge in [0.15, 0.2) is 0 Å². The molecule has 0 heterocycles. The number of phenols is 1. The summed E-state index contributed by atoms with van der Waals surface area (Å²) in [6, 6.07) is 4.85. The molecule has 0 saturated carbocycles. The van der Waals surface area contributed by atoms with Gasteiger partial charge in [0.2, 0.25) is 0 Å². The molecule has 2 N–H and O–H groups in total. The number of carboxylic acid groups (broad SMARTS) is 1. The molecule has 0 radical (unpaired) electrons. The SMILES string of the molecule is CCC=CCC(C)c1cccc(C(=O)O)c1O. The summed E-state index contributed by atoms with van der Waals surface area (Å²) in [6.07, 6.45) is 5.89. The summed E-state index contributed by atoms with van der Waals surface area (Å²) < 4.78 is 0. The summed E-state index contributed by atoms with van der Waals surface area (Å²) in [4.78, 5) is 10.9. The van der Waals surface area contributed by atoms with Crippen LogP contribution in [0.25, 0.3) is 0 Å². The molecule has 0 aromatic heterocycles. The highest BCUT2D eigenvalue weighted by molar-refractivity contribution is 5.91. The Morgan fingerprint density at radius 2 is 2.12 bits per heavy atom. The molecule has 1 aromatic rings. The molecule has 0 aliphatic rings. The van der Waals surface area contributed by atoms with Crippen molar-refractivity contribution in [3.8, 4) is 5.75 Å². The molecular weight excluding hydrogens is 216 g/mol. The Balaban J connectivity index is 2.94. The first-order valence-electron chi connectivity index (χ1n) is 5.78. The van der Waals surface area contributed by atoms with Crippen LogP contribution in [0.1, 0.15) is 48.5 Å². The molecule has 17 heavy (non-hydrogen) atoms. The first-order valence-corrected chi connectivity index (χ1v) is 5.78. The summed E-state index contributed by atoms with van der Waals surface area (Å²) in [5.74, 6) is -1.10. The molecule has 1 atom stereocenters. The van der Waals surface area contributed by atoms with Crippen LogP contribution in [0.5, 0.6) is 5.75 Å². The molecular formula is C14H18O3. The second-order valence-corrected chi connectivity index (χ2v) is 4.06. The standard InChI is InChI=1S/C14H18O3/c1-3-4-5-7-10(2)11-8-6-9-12(13(11)15)14(16)17/h4-6,8-10,15H,3,7H2,1-2H3,(H,16,17). The van der Waals surface area contributed by atoms with Gasteiger partial charge >= 0.3 is 5.97 Å². The van der Waals surface area contributed by atoms with Gasteiger partial charge in [-0.05, 0) is 30.4 Å². The van der Waals surface area contributed by atoms with Gasteiger partial charge in [-0.3, -0.25) is 0 Å². The van der Waals surface area contributed by atoms with Crippen LogP contribution < -0.4 is 0 Å². The lowest BCUT2D eigenvalue weighted by Crippen LogP contribution is -2.01. The van der Waals surface area contributed by atoms with Crippen LogP contribution in [0.3, 0.4) is 0 Å². The van der Waals surface area contributed by atoms with Crippen LogP contribution in [-0.4, -0.2) is 16.2 Å². The lowest BCUT2D eigenvalue weighted by atomic mass is 9.94. The molecule has 1 aromatic carbocycles. The van der Waals surface area contributed by atoms with Gasteiger partial charge in [0.1, 0.15) is 11.3 Å². The van der Waals surface area contributed by atoms with E-state index in [0.29, 0.717) is 5.56 Å². The van der Waals surface area contributed by atoms with Crippen LogP contribution in [0.4, 0.5) is 0 Å². The van der Waals surface area contributed by atoms with E-state index in [2.05, 4.69) is 19.1 Å². The van der Waals surface area contributed by atoms with Crippen molar-refractivity contribution in [3.05, 3.63) is 41.5 Å². The van der Waals surface area contributed by atoms with Crippen molar-refractivity contribution < 1.29 is 15.0 Å². The molecule has 0 spiro atoms. The van der Waals surface area contributed by atoms with Crippen molar-refractivity contribution in [1.82, 2.24) is 0 Å². The molecule has 1 rings (SSSR count). The average molecular weight is 234 g/mol. The molecule has 3 nitrogen and oxygen atoms in total. The van der Waals surface area contributed by atoms with E-state index in [-0.39, 0.29) is 17.2 Å². The number of para-hydroxylation sites is 1. The zero-order valence-corrected chi connectivity index (χ0v) is 10.2. The zero-order valence-electron chi connectivity index (χ0n) is 10.2. The smallest absolute Gasteiger partial charge is 0.339 e. The zero-order chi connectivity index (χ0) is 12.8. The number of hydrogen-bond acceptors (Lipinski definition) is 2. The van der Waals surface area contributed by atoms with Crippen LogP contribution in [-0.2, 0) is 0 Å². The van der Waals surface area contributed by atoms with Crippen molar-refractivity contribution in [1.29, 1.82) is 0 Å². The largest absolute Gasteiger partial charge is 0.507 e. The number of aromatic carboxylic acids is 1. The molecule has 3 heteroatoms. The van der Waals surface area contributed by atoms with Crippen LogP contribution >= 0.6 is 0 Å². The number of rotatable bonds is 5. The maximum Gasteiger partial charge on any atom is 0.339 e. The number of carboxylic acids is 1. The third-order valence-electron chi connectivity index (χ3n) is 2.72. The van der Waals surface area contributed by atoms with Gasteiger partial charge in [0.05, 0.1) is 0 Å². The molecule has 92 valence electrons. The monoisotopic (exact) mass is 234 g/mol. The lowest BCUT2D eigenvalue weighted by Gasteiger charge is -2.12. The van der Waals surface area contributed by atoms with Gasteiger partial charge in [0.25, 0.3) is 0 Å². The van der Waals surface area contributed by atoms with E-state index in [1.165, 1.54) is 6.07 Å². The predicted octanol–water partition coefficient (Wildman–Crippen LogP) is 3.55. The quantitative estimate of drug-likeness (QED) is 0.766. The van der Waals surface area contributed by atoms with E-state index < -0.39 is 5.97 Å². The number of hydrogen-bond donors (Lipinski definition) is 2. The minimum absolute atomic E-state index is 0.0335. The minimum atomic E-state index is -1.10. The van der Waals surface area contributed by atoms with Crippen LogP contribution in [0.15, 0.2) is 30.4 Å². The Labute approximate surface area is 101 Å². The first kappa shape index (κ1) is 13.3. The molecule has 0 bridgehead atoms. The normalized spacial score (nSPS) is 12.8. The second kappa shape index (κ2) is 6.09. The fourth-order valence-electron chi connectivity index (χ4n) is 1.73. The summed E-state index contributed by atoms with van der Waals surface area (Å²) in [6.45, 7) is 4.03. The average Bonchev–Trinajstić information content (AvgIpc) is 2.29. The highest BCUT2D eigenvalue weighted by atomic mass is 16.4. The number of benzene rings is 1. The van der Waals surface area contributed by atoms with Gasteiger partial charge in [0, 0.05) is 0 Å². The Bertz CT molecular complexity index is 421. The van der Waals surface area contributed by atoms with Crippen molar-refractivity contribution in [2.75, 3.05) is 0 Å². The van der Waals surface area contributed by atoms with Gasteiger partial charge < -0.3 is 10.2 Å². The third kappa shape index (κ3) is 3.34. The van der Waals surface area contributed by atoms with Crippen molar-refractivity contribution >= 4 is 5.97 Å². The van der Waals surface area contributed by atoms with Crippen molar-refractivity contribution in [2.24, 2.45) is 0 Å². The Morgan fingerprint density at radius 3 is 2.71 bits per heavy atom. The highest BCUT2D eigenvalue weighted by Crippen LogP contribution is 2.31. The van der Waals surface area contributed by atoms with E-state index in [1.807, 2.05) is 6.92 Å². The fraction of sp³-hybridized carbons (Fsp3) is 0.357. The van der Waals surface area contributed by atoms with Crippen molar-refractivity contribution in [3.63, 3.8) is 0 Å². The predicted molar refractivity (Wildman–Crippen MR) is 67.5 cm³/mol. The molecule has 1 unspecified atom stereocenters. The summed E-state index contributed by atoms with van der Waals surface area (Å²) in [5, 5.41) is 18.8. The second-order valence-electron chi connectivity index (χ2n) is 4.06. The van der Waals surface area contributed by atoms with Gasteiger partial charge in [-0.15, -0.1) is 0 Å². The van der Waals surface area contributed by atoms with E-state index in [9.17, 15) is 9.90 Å². The Hall–Kier alpha value is -1.77. The van der Waals surface area contributed by atoms with Gasteiger partial charge in [-0.25, -0.2) is 4.79 Å². The Kier molecular flexibility index (Phi) is 4.76. The third-order valence-corrected chi connectivity index (χ3v) is 2.72. The maximum atomic E-state index is 10.9. The Morgan fingerprint density at radius 1 is 1.41 bits per heavy atom. The molecule has 0 saturated heterocycles. The molecule has 0 aliphatic carbocycles. The molecule has 0 fully saturated rings. The van der Waals surface area contributed by atoms with Gasteiger partial charge in [-0.2, -0.15) is 0 Å². The van der Waals surface area contributed by atoms with Crippen LogP contribution in [0, 0.1) is 0 Å². The topological polar surface area (TPSA) is 57.5 Å². The van der Waals surface area contributed by atoms with E-state index in [1.54, 1.807) is 12.1 Å². The van der Waals surface area contributed by atoms with Crippen LogP contribution in [0.2, 0.25) is 0 Å². The maximum absolute atomic E-state index is 10.9. The van der Waals surface area contributed by atoms with E-state index in [4.69, 9.17) is 5.11 Å². The summed E-state index contributed by atoms with van der Waals surface area (Å²) >= 11 is 0. The minimum Gasteiger partial charge on any atom is -0.507 e. The van der Waals surface area contributed by atoms with Crippen molar-refractivity contribution in [2.45, 2.75) is 32.6 Å². The highest BCUT2D eigenvalue weighted by Gasteiger charge is 2.16. The lowest BCUT2D eigenvalue weighted by molar-refractivity contribution is 0.0693. The van der Waals surface area contributed by atoms with E-state index in [0.717, 1.165) is 12.8 Å². The molecule has 0 aliphatic heterocycles. The number of carbonyl (C=O) groups is 1. The summed E-state index contributed by atoms with van der Waals surface area (Å²) in [7, 11) is 0. The fourth-order valence-corrected chi connectivity index (χ4v) is 1.73. The number of allylic oxidation sites excluding steroid dienone is 2. The first-order chi connectivity index (χ1) is 8.07. The molecule has 0 amide bonds.